The minimum atomic E-state index is -5.84. The molecule has 1 aromatic heterocycles. The van der Waals surface area contributed by atoms with Gasteiger partial charge in [-0.05, 0) is 18.9 Å². The summed E-state index contributed by atoms with van der Waals surface area (Å²) in [5.41, 5.74) is 7.55. The standard InChI is InChI=1S/C24H42N5O14P3/c1-3-4-5-6-7-8-9-10-11-12-13-14-22(30)41-45(35,36)43-46(37,38)42-44(33,34)39-17-20-19(27-28-25)15-21(40-20)29-16-18(2)23(31)26-24(29)32/h16,19-21H,3-15,17H2,1-2H3,(H,33,34)(H,35,36)(H,37,38)(H,26,31,32)/t19-,20+,21+/m0/s1. The first-order valence-electron chi connectivity index (χ1n) is 14.9. The van der Waals surface area contributed by atoms with Gasteiger partial charge in [0.15, 0.2) is 0 Å². The maximum absolute atomic E-state index is 12.3. The summed E-state index contributed by atoms with van der Waals surface area (Å²) in [5.74, 6) is -1.20. The third kappa shape index (κ3) is 14.7. The Morgan fingerprint density at radius 3 is 2.15 bits per heavy atom. The largest absolute Gasteiger partial charge is 0.538 e. The van der Waals surface area contributed by atoms with E-state index in [2.05, 4.69) is 39.6 Å². The van der Waals surface area contributed by atoms with E-state index in [0.29, 0.717) is 12.8 Å². The normalized spacial score (nSPS) is 21.9. The van der Waals surface area contributed by atoms with Crippen LogP contribution in [-0.4, -0.2) is 49.0 Å². The van der Waals surface area contributed by atoms with E-state index in [1.54, 1.807) is 0 Å². The molecule has 0 amide bonds. The molecular formula is C24H42N5O14P3. The van der Waals surface area contributed by atoms with Gasteiger partial charge >= 0.3 is 35.1 Å². The molecule has 0 spiro atoms. The highest BCUT2D eigenvalue weighted by Gasteiger charge is 2.45. The molecule has 1 saturated heterocycles. The molecule has 1 aliphatic heterocycles. The van der Waals surface area contributed by atoms with Crippen molar-refractivity contribution in [2.75, 3.05) is 6.61 Å². The fraction of sp³-hybridized carbons (Fsp3) is 0.792. The van der Waals surface area contributed by atoms with E-state index in [1.807, 2.05) is 0 Å². The lowest BCUT2D eigenvalue weighted by Gasteiger charge is -2.20. The summed E-state index contributed by atoms with van der Waals surface area (Å²) in [5, 5.41) is 3.48. The van der Waals surface area contributed by atoms with Crippen molar-refractivity contribution in [1.29, 1.82) is 0 Å². The number of aromatic amines is 1. The van der Waals surface area contributed by atoms with Crippen LogP contribution in [0.15, 0.2) is 20.9 Å². The highest BCUT2D eigenvalue weighted by atomic mass is 31.3. The van der Waals surface area contributed by atoms with E-state index >= 15 is 0 Å². The van der Waals surface area contributed by atoms with Gasteiger partial charge < -0.3 is 19.0 Å². The predicted octanol–water partition coefficient (Wildman–Crippen LogP) is 5.41. The zero-order valence-electron chi connectivity index (χ0n) is 25.7. The lowest BCUT2D eigenvalue weighted by atomic mass is 10.1. The maximum Gasteiger partial charge on any atom is 0.538 e. The number of hydrogen-bond donors (Lipinski definition) is 4. The van der Waals surface area contributed by atoms with Gasteiger partial charge in [-0.25, -0.2) is 18.5 Å². The molecule has 0 saturated carbocycles. The van der Waals surface area contributed by atoms with Crippen molar-refractivity contribution in [2.45, 2.75) is 116 Å². The molecule has 4 N–H and O–H groups in total. The van der Waals surface area contributed by atoms with Crippen LogP contribution in [0.2, 0.25) is 0 Å². The Hall–Kier alpha value is -2.13. The van der Waals surface area contributed by atoms with Crippen molar-refractivity contribution in [2.24, 2.45) is 5.11 Å². The topological polar surface area (TPSA) is 279 Å². The quantitative estimate of drug-likeness (QED) is 0.0384. The number of aryl methyl sites for hydroxylation is 1. The van der Waals surface area contributed by atoms with Crippen molar-refractivity contribution >= 4 is 29.4 Å². The number of ether oxygens (including phenoxy) is 1. The molecule has 2 heterocycles. The molecule has 0 radical (unpaired) electrons. The minimum Gasteiger partial charge on any atom is -0.370 e. The molecule has 46 heavy (non-hydrogen) atoms. The van der Waals surface area contributed by atoms with Gasteiger partial charge in [0, 0.05) is 29.5 Å². The van der Waals surface area contributed by atoms with Crippen LogP contribution in [0, 0.1) is 6.92 Å². The highest BCUT2D eigenvalue weighted by molar-refractivity contribution is 7.67. The highest BCUT2D eigenvalue weighted by Crippen LogP contribution is 2.67. The summed E-state index contributed by atoms with van der Waals surface area (Å²) in [7, 11) is -16.9. The second kappa shape index (κ2) is 19.0. The SMILES string of the molecule is CCCCCCCCCCCCCC(=O)OP(=O)(O)OP(=O)(O)OP(=O)(O)OC[C@H]1O[C@@H](n2cc(C)c(=O)[nH]c2=O)C[C@@H]1N=[N+]=[N-]. The van der Waals surface area contributed by atoms with Crippen LogP contribution in [0.1, 0.15) is 102 Å². The van der Waals surface area contributed by atoms with Crippen molar-refractivity contribution in [3.8, 4) is 0 Å². The van der Waals surface area contributed by atoms with E-state index < -0.39 is 65.7 Å². The predicted molar refractivity (Wildman–Crippen MR) is 162 cm³/mol. The summed E-state index contributed by atoms with van der Waals surface area (Å²) in [6.45, 7) is 2.70. The third-order valence-electron chi connectivity index (χ3n) is 6.88. The summed E-state index contributed by atoms with van der Waals surface area (Å²) in [4.78, 5) is 69.9. The Morgan fingerprint density at radius 1 is 1.00 bits per heavy atom. The zero-order valence-corrected chi connectivity index (χ0v) is 28.4. The molecule has 3 unspecified atom stereocenters. The average Bonchev–Trinajstić information content (AvgIpc) is 3.33. The molecule has 2 rings (SSSR count). The fourth-order valence-corrected chi connectivity index (χ4v) is 8.09. The molecule has 6 atom stereocenters. The van der Waals surface area contributed by atoms with Gasteiger partial charge in [0.2, 0.25) is 0 Å². The van der Waals surface area contributed by atoms with Gasteiger partial charge in [0.25, 0.3) is 5.56 Å². The van der Waals surface area contributed by atoms with E-state index in [1.165, 1.54) is 45.2 Å². The molecule has 262 valence electrons. The number of unbranched alkanes of at least 4 members (excludes halogenated alkanes) is 10. The monoisotopic (exact) mass is 717 g/mol. The van der Waals surface area contributed by atoms with Crippen molar-refractivity contribution < 1.29 is 55.6 Å². The van der Waals surface area contributed by atoms with Gasteiger partial charge in [-0.1, -0.05) is 76.2 Å². The number of azide groups is 1. The number of hydrogen-bond acceptors (Lipinski definition) is 12. The molecule has 1 fully saturated rings. The Balaban J connectivity index is 1.80. The number of rotatable bonds is 22. The van der Waals surface area contributed by atoms with E-state index in [-0.39, 0.29) is 18.4 Å². The molecule has 19 nitrogen and oxygen atoms in total. The summed E-state index contributed by atoms with van der Waals surface area (Å²) >= 11 is 0. The summed E-state index contributed by atoms with van der Waals surface area (Å²) in [6.07, 6.45) is 9.52. The molecule has 1 aromatic rings. The van der Waals surface area contributed by atoms with Crippen LogP contribution < -0.4 is 11.2 Å². The molecule has 1 aliphatic rings. The van der Waals surface area contributed by atoms with Crippen molar-refractivity contribution in [3.63, 3.8) is 0 Å². The van der Waals surface area contributed by atoms with Crippen LogP contribution in [0.3, 0.4) is 0 Å². The van der Waals surface area contributed by atoms with Crippen molar-refractivity contribution in [1.82, 2.24) is 9.55 Å². The van der Waals surface area contributed by atoms with E-state index in [9.17, 15) is 42.8 Å². The second-order valence-electron chi connectivity index (χ2n) is 10.7. The number of carbonyl (C=O) groups excluding carboxylic acids is 1. The van der Waals surface area contributed by atoms with Crippen LogP contribution in [0.4, 0.5) is 0 Å². The van der Waals surface area contributed by atoms with Crippen LogP contribution in [-0.2, 0) is 40.9 Å². The number of H-pyrrole nitrogens is 1. The number of nitrogens with zero attached hydrogens (tertiary/aromatic N) is 4. The maximum atomic E-state index is 12.3. The van der Waals surface area contributed by atoms with E-state index in [4.69, 9.17) is 10.3 Å². The van der Waals surface area contributed by atoms with Crippen LogP contribution >= 0.6 is 23.5 Å². The zero-order chi connectivity index (χ0) is 34.4. The van der Waals surface area contributed by atoms with E-state index in [0.717, 1.165) is 30.3 Å². The Kier molecular flexibility index (Phi) is 16.6. The average molecular weight is 718 g/mol. The number of phosphoric acid groups is 3. The molecule has 0 aliphatic carbocycles. The molecule has 0 bridgehead atoms. The first kappa shape index (κ1) is 40.0. The number of phosphoric ester groups is 2. The smallest absolute Gasteiger partial charge is 0.370 e. The van der Waals surface area contributed by atoms with Crippen LogP contribution in [0.5, 0.6) is 0 Å². The van der Waals surface area contributed by atoms with Gasteiger partial charge in [-0.3, -0.25) is 28.6 Å². The first-order valence-corrected chi connectivity index (χ1v) is 19.4. The molecule has 22 heteroatoms. The third-order valence-corrected chi connectivity index (χ3v) is 11.1. The Morgan fingerprint density at radius 2 is 1.57 bits per heavy atom. The second-order valence-corrected chi connectivity index (χ2v) is 15.3. The number of aromatic nitrogens is 2. The molecule has 0 aromatic carbocycles. The lowest BCUT2D eigenvalue weighted by molar-refractivity contribution is -0.135. The fourth-order valence-electron chi connectivity index (χ4n) is 4.62. The summed E-state index contributed by atoms with van der Waals surface area (Å²) in [6, 6.07) is -1.07. The molecular weight excluding hydrogens is 675 g/mol. The lowest BCUT2D eigenvalue weighted by Crippen LogP contribution is -2.33. The number of carbonyl (C=O) groups is 1. The Bertz CT molecular complexity index is 1460. The van der Waals surface area contributed by atoms with Gasteiger partial charge in [0.1, 0.15) is 6.23 Å². The number of nitrogens with one attached hydrogen (secondary N) is 1. The minimum absolute atomic E-state index is 0.125. The van der Waals surface area contributed by atoms with Gasteiger partial charge in [-0.15, -0.1) is 0 Å². The van der Waals surface area contributed by atoms with Gasteiger partial charge in [-0.2, -0.15) is 8.62 Å². The van der Waals surface area contributed by atoms with Crippen molar-refractivity contribution in [3.05, 3.63) is 43.0 Å². The van der Waals surface area contributed by atoms with Crippen LogP contribution in [0.25, 0.3) is 10.4 Å². The Labute approximate surface area is 265 Å². The first-order chi connectivity index (χ1) is 21.6. The van der Waals surface area contributed by atoms with Gasteiger partial charge in [0.05, 0.1) is 18.8 Å². The summed E-state index contributed by atoms with van der Waals surface area (Å²) < 4.78 is 60.1.